The molecule has 0 radical (unpaired) electrons. The van der Waals surface area contributed by atoms with E-state index in [4.69, 9.17) is 15.2 Å². The minimum atomic E-state index is -0.447. The van der Waals surface area contributed by atoms with Crippen LogP contribution in [0.1, 0.15) is 17.4 Å². The predicted octanol–water partition coefficient (Wildman–Crippen LogP) is 0.541. The summed E-state index contributed by atoms with van der Waals surface area (Å²) in [7, 11) is 0. The highest BCUT2D eigenvalue weighted by atomic mass is 16.6. The molecule has 0 aromatic carbocycles. The molecule has 6 nitrogen and oxygen atoms in total. The van der Waals surface area contributed by atoms with Crippen LogP contribution in [0.15, 0.2) is 18.3 Å². The van der Waals surface area contributed by atoms with Gasteiger partial charge in [0.05, 0.1) is 18.5 Å². The minimum Gasteiger partial charge on any atom is -0.458 e. The number of aromatic nitrogens is 1. The molecule has 6 heteroatoms. The van der Waals surface area contributed by atoms with E-state index in [1.165, 1.54) is 6.20 Å². The molecule has 1 aliphatic heterocycles. The van der Waals surface area contributed by atoms with E-state index in [1.54, 1.807) is 12.1 Å². The average Bonchev–Trinajstić information content (AvgIpc) is 2.46. The predicted molar refractivity (Wildman–Crippen MR) is 70.8 cm³/mol. The van der Waals surface area contributed by atoms with E-state index >= 15 is 0 Å². The number of esters is 1. The molecule has 1 aliphatic rings. The van der Waals surface area contributed by atoms with Gasteiger partial charge in [0.1, 0.15) is 18.4 Å². The van der Waals surface area contributed by atoms with E-state index in [9.17, 15) is 4.79 Å². The van der Waals surface area contributed by atoms with Gasteiger partial charge < -0.3 is 15.2 Å². The Balaban J connectivity index is 1.81. The van der Waals surface area contributed by atoms with Gasteiger partial charge in [-0.25, -0.2) is 9.78 Å². The van der Waals surface area contributed by atoms with Crippen LogP contribution in [0.5, 0.6) is 0 Å². The number of nitrogens with zero attached hydrogens (tertiary/aromatic N) is 2. The molecule has 1 unspecified atom stereocenters. The lowest BCUT2D eigenvalue weighted by Crippen LogP contribution is -2.44. The molecule has 0 amide bonds. The first-order valence-electron chi connectivity index (χ1n) is 6.41. The molecule has 0 bridgehead atoms. The number of morpholine rings is 1. The van der Waals surface area contributed by atoms with Crippen molar-refractivity contribution in [3.05, 3.63) is 24.0 Å². The second-order valence-corrected chi connectivity index (χ2v) is 4.46. The largest absolute Gasteiger partial charge is 0.458 e. The smallest absolute Gasteiger partial charge is 0.357 e. The fraction of sp³-hybridized carbons (Fsp3) is 0.538. The molecular weight excluding hydrogens is 246 g/mol. The first kappa shape index (κ1) is 13.8. The number of ether oxygens (including phenoxy) is 2. The normalized spacial score (nSPS) is 20.2. The number of carbonyl (C=O) groups excluding carboxylic acids is 1. The van der Waals surface area contributed by atoms with Crippen LogP contribution in [0.2, 0.25) is 0 Å². The molecule has 1 saturated heterocycles. The van der Waals surface area contributed by atoms with Gasteiger partial charge in [0, 0.05) is 13.1 Å². The number of hydrogen-bond acceptors (Lipinski definition) is 6. The summed E-state index contributed by atoms with van der Waals surface area (Å²) in [5, 5.41) is 0. The SMILES string of the molecule is CCN1CCOC(COC(=O)c2ccc(N)cn2)C1. The summed E-state index contributed by atoms with van der Waals surface area (Å²) >= 11 is 0. The molecule has 0 spiro atoms. The number of likely N-dealkylation sites (N-methyl/N-ethyl adjacent to an activating group) is 1. The van der Waals surface area contributed by atoms with Crippen molar-refractivity contribution in [2.45, 2.75) is 13.0 Å². The molecule has 19 heavy (non-hydrogen) atoms. The van der Waals surface area contributed by atoms with Gasteiger partial charge in [-0.15, -0.1) is 0 Å². The van der Waals surface area contributed by atoms with E-state index < -0.39 is 5.97 Å². The lowest BCUT2D eigenvalue weighted by molar-refractivity contribution is -0.0579. The summed E-state index contributed by atoms with van der Waals surface area (Å²) in [5.74, 6) is -0.447. The summed E-state index contributed by atoms with van der Waals surface area (Å²) in [5.41, 5.74) is 6.29. The Morgan fingerprint density at radius 1 is 1.63 bits per heavy atom. The molecule has 2 rings (SSSR count). The average molecular weight is 265 g/mol. The van der Waals surface area contributed by atoms with Crippen molar-refractivity contribution in [1.29, 1.82) is 0 Å². The molecule has 104 valence electrons. The molecule has 0 aliphatic carbocycles. The first-order chi connectivity index (χ1) is 9.19. The van der Waals surface area contributed by atoms with Crippen LogP contribution < -0.4 is 5.73 Å². The van der Waals surface area contributed by atoms with Gasteiger partial charge in [0.2, 0.25) is 0 Å². The lowest BCUT2D eigenvalue weighted by atomic mass is 10.3. The van der Waals surface area contributed by atoms with Crippen LogP contribution in [-0.2, 0) is 9.47 Å². The van der Waals surface area contributed by atoms with Crippen LogP contribution in [0.25, 0.3) is 0 Å². The fourth-order valence-electron chi connectivity index (χ4n) is 1.94. The fourth-order valence-corrected chi connectivity index (χ4v) is 1.94. The highest BCUT2D eigenvalue weighted by molar-refractivity contribution is 5.87. The van der Waals surface area contributed by atoms with Gasteiger partial charge in [0.25, 0.3) is 0 Å². The van der Waals surface area contributed by atoms with Gasteiger partial charge in [-0.2, -0.15) is 0 Å². The second kappa shape index (κ2) is 6.49. The summed E-state index contributed by atoms with van der Waals surface area (Å²) < 4.78 is 10.8. The third kappa shape index (κ3) is 3.90. The molecule has 0 saturated carbocycles. The number of anilines is 1. The molecule has 1 fully saturated rings. The highest BCUT2D eigenvalue weighted by Crippen LogP contribution is 2.07. The van der Waals surface area contributed by atoms with E-state index in [0.717, 1.165) is 19.6 Å². The maximum Gasteiger partial charge on any atom is 0.357 e. The Labute approximate surface area is 112 Å². The summed E-state index contributed by atoms with van der Waals surface area (Å²) in [6, 6.07) is 3.18. The molecule has 1 atom stereocenters. The van der Waals surface area contributed by atoms with Crippen molar-refractivity contribution in [3.63, 3.8) is 0 Å². The second-order valence-electron chi connectivity index (χ2n) is 4.46. The van der Waals surface area contributed by atoms with Crippen molar-refractivity contribution < 1.29 is 14.3 Å². The van der Waals surface area contributed by atoms with Crippen molar-refractivity contribution in [2.75, 3.05) is 38.6 Å². The summed E-state index contributed by atoms with van der Waals surface area (Å²) in [4.78, 5) is 17.9. The van der Waals surface area contributed by atoms with Gasteiger partial charge in [-0.1, -0.05) is 6.92 Å². The van der Waals surface area contributed by atoms with Crippen molar-refractivity contribution >= 4 is 11.7 Å². The summed E-state index contributed by atoms with van der Waals surface area (Å²) in [6.45, 7) is 5.73. The summed E-state index contributed by atoms with van der Waals surface area (Å²) in [6.07, 6.45) is 1.37. The third-order valence-corrected chi connectivity index (χ3v) is 3.07. The Kier molecular flexibility index (Phi) is 4.70. The van der Waals surface area contributed by atoms with Crippen molar-refractivity contribution in [3.8, 4) is 0 Å². The topological polar surface area (TPSA) is 77.7 Å². The van der Waals surface area contributed by atoms with E-state index in [1.807, 2.05) is 0 Å². The molecule has 2 heterocycles. The maximum absolute atomic E-state index is 11.8. The van der Waals surface area contributed by atoms with Crippen LogP contribution in [0.4, 0.5) is 5.69 Å². The molecular formula is C13H19N3O3. The zero-order chi connectivity index (χ0) is 13.7. The maximum atomic E-state index is 11.8. The molecule has 2 N–H and O–H groups in total. The van der Waals surface area contributed by atoms with Crippen molar-refractivity contribution in [1.82, 2.24) is 9.88 Å². The number of hydrogen-bond donors (Lipinski definition) is 1. The van der Waals surface area contributed by atoms with E-state index in [0.29, 0.717) is 12.3 Å². The van der Waals surface area contributed by atoms with Gasteiger partial charge in [0.15, 0.2) is 0 Å². The Bertz CT molecular complexity index is 422. The lowest BCUT2D eigenvalue weighted by Gasteiger charge is -2.31. The molecule has 1 aromatic heterocycles. The van der Waals surface area contributed by atoms with Crippen molar-refractivity contribution in [2.24, 2.45) is 0 Å². The number of nitrogen functional groups attached to an aromatic ring is 1. The van der Waals surface area contributed by atoms with Gasteiger partial charge in [-0.05, 0) is 18.7 Å². The highest BCUT2D eigenvalue weighted by Gasteiger charge is 2.21. The van der Waals surface area contributed by atoms with E-state index in [-0.39, 0.29) is 18.4 Å². The van der Waals surface area contributed by atoms with Crippen LogP contribution in [0.3, 0.4) is 0 Å². The number of nitrogens with two attached hydrogens (primary N) is 1. The Morgan fingerprint density at radius 2 is 2.47 bits per heavy atom. The van der Waals surface area contributed by atoms with Crippen LogP contribution >= 0.6 is 0 Å². The minimum absolute atomic E-state index is 0.0635. The first-order valence-corrected chi connectivity index (χ1v) is 6.41. The number of pyridine rings is 1. The van der Waals surface area contributed by atoms with Gasteiger partial charge in [-0.3, -0.25) is 4.90 Å². The van der Waals surface area contributed by atoms with Gasteiger partial charge >= 0.3 is 5.97 Å². The monoisotopic (exact) mass is 265 g/mol. The quantitative estimate of drug-likeness (QED) is 0.801. The number of rotatable bonds is 4. The third-order valence-electron chi connectivity index (χ3n) is 3.07. The van der Waals surface area contributed by atoms with E-state index in [2.05, 4.69) is 16.8 Å². The Hall–Kier alpha value is -1.66. The zero-order valence-electron chi connectivity index (χ0n) is 11.0. The van der Waals surface area contributed by atoms with Crippen LogP contribution in [-0.4, -0.2) is 54.8 Å². The van der Waals surface area contributed by atoms with Crippen LogP contribution in [0, 0.1) is 0 Å². The standard InChI is InChI=1S/C13H19N3O3/c1-2-16-5-6-18-11(8-16)9-19-13(17)12-4-3-10(14)7-15-12/h3-4,7,11H,2,5-6,8-9,14H2,1H3. The number of carbonyl (C=O) groups is 1. The zero-order valence-corrected chi connectivity index (χ0v) is 11.0. The Morgan fingerprint density at radius 3 is 3.16 bits per heavy atom. The molecule has 1 aromatic rings.